The Morgan fingerprint density at radius 1 is 1.70 bits per heavy atom. The van der Waals surface area contributed by atoms with Crippen molar-refractivity contribution < 1.29 is 9.90 Å². The lowest BCUT2D eigenvalue weighted by atomic mass is 9.98. The molecule has 1 saturated heterocycles. The molecule has 1 rings (SSSR count). The van der Waals surface area contributed by atoms with E-state index < -0.39 is 5.97 Å². The average molecular weight is 164 g/mol. The minimum absolute atomic E-state index is 0.244. The van der Waals surface area contributed by atoms with Crippen LogP contribution in [-0.2, 0) is 4.79 Å². The summed E-state index contributed by atoms with van der Waals surface area (Å²) >= 11 is 5.73. The molecular formula is C6H10ClNO2. The Labute approximate surface area is 64.4 Å². The van der Waals surface area contributed by atoms with Crippen LogP contribution >= 0.6 is 11.6 Å². The van der Waals surface area contributed by atoms with E-state index in [1.54, 1.807) is 0 Å². The van der Waals surface area contributed by atoms with Crippen molar-refractivity contribution in [1.82, 2.24) is 5.32 Å². The minimum atomic E-state index is -0.776. The number of alkyl halides is 1. The van der Waals surface area contributed by atoms with Gasteiger partial charge in [0.05, 0.1) is 11.3 Å². The number of carbonyl (C=O) groups is 1. The number of piperidine rings is 1. The highest BCUT2D eigenvalue weighted by Crippen LogP contribution is 2.17. The van der Waals surface area contributed by atoms with Crippen LogP contribution in [0.1, 0.15) is 6.42 Å². The largest absolute Gasteiger partial charge is 0.481 e. The van der Waals surface area contributed by atoms with Gasteiger partial charge in [-0.05, 0) is 13.0 Å². The van der Waals surface area contributed by atoms with Gasteiger partial charge in [0.15, 0.2) is 0 Å². The third-order valence-electron chi connectivity index (χ3n) is 1.73. The second-order valence-corrected chi connectivity index (χ2v) is 3.01. The predicted molar refractivity (Wildman–Crippen MR) is 38.3 cm³/mol. The second kappa shape index (κ2) is 3.21. The lowest BCUT2D eigenvalue weighted by molar-refractivity contribution is -0.142. The first-order chi connectivity index (χ1) is 4.72. The van der Waals surface area contributed by atoms with Gasteiger partial charge in [-0.2, -0.15) is 0 Å². The SMILES string of the molecule is O=C(O)C1CCNCC1Cl. The third-order valence-corrected chi connectivity index (χ3v) is 2.18. The monoisotopic (exact) mass is 163 g/mol. The molecule has 0 saturated carbocycles. The number of nitrogens with one attached hydrogen (secondary N) is 1. The predicted octanol–water partition coefficient (Wildman–Crippen LogP) is 0.288. The quantitative estimate of drug-likeness (QED) is 0.547. The molecule has 0 aliphatic carbocycles. The van der Waals surface area contributed by atoms with Crippen LogP contribution in [0.5, 0.6) is 0 Å². The van der Waals surface area contributed by atoms with Crippen molar-refractivity contribution in [2.75, 3.05) is 13.1 Å². The summed E-state index contributed by atoms with van der Waals surface area (Å²) in [5.74, 6) is -1.13. The Morgan fingerprint density at radius 2 is 2.40 bits per heavy atom. The molecule has 0 aromatic rings. The lowest BCUT2D eigenvalue weighted by Crippen LogP contribution is -2.40. The first-order valence-electron chi connectivity index (χ1n) is 3.29. The molecule has 2 atom stereocenters. The van der Waals surface area contributed by atoms with Gasteiger partial charge in [0.1, 0.15) is 0 Å². The lowest BCUT2D eigenvalue weighted by Gasteiger charge is -2.23. The van der Waals surface area contributed by atoms with Crippen molar-refractivity contribution in [3.63, 3.8) is 0 Å². The first kappa shape index (κ1) is 7.82. The number of halogens is 1. The molecule has 1 aliphatic rings. The van der Waals surface area contributed by atoms with Gasteiger partial charge >= 0.3 is 5.97 Å². The van der Waals surface area contributed by atoms with E-state index in [9.17, 15) is 4.79 Å². The number of carboxylic acids is 1. The number of hydrogen-bond acceptors (Lipinski definition) is 2. The first-order valence-corrected chi connectivity index (χ1v) is 3.73. The minimum Gasteiger partial charge on any atom is -0.481 e. The van der Waals surface area contributed by atoms with Crippen LogP contribution in [0, 0.1) is 5.92 Å². The molecule has 1 heterocycles. The fourth-order valence-electron chi connectivity index (χ4n) is 1.10. The summed E-state index contributed by atoms with van der Waals surface area (Å²) in [6, 6.07) is 0. The number of hydrogen-bond donors (Lipinski definition) is 2. The Bertz CT molecular complexity index is 140. The molecule has 4 heteroatoms. The van der Waals surface area contributed by atoms with Crippen molar-refractivity contribution in [2.24, 2.45) is 5.92 Å². The third kappa shape index (κ3) is 1.61. The maximum absolute atomic E-state index is 10.5. The zero-order chi connectivity index (χ0) is 7.56. The van der Waals surface area contributed by atoms with Crippen LogP contribution in [0.25, 0.3) is 0 Å². The van der Waals surface area contributed by atoms with Crippen LogP contribution in [0.4, 0.5) is 0 Å². The van der Waals surface area contributed by atoms with E-state index in [1.807, 2.05) is 0 Å². The Balaban J connectivity index is 2.47. The highest BCUT2D eigenvalue weighted by Gasteiger charge is 2.28. The topological polar surface area (TPSA) is 49.3 Å². The van der Waals surface area contributed by atoms with Gasteiger partial charge in [0, 0.05) is 6.54 Å². The molecule has 0 radical (unpaired) electrons. The van der Waals surface area contributed by atoms with Crippen LogP contribution in [0.15, 0.2) is 0 Å². The fourth-order valence-corrected chi connectivity index (χ4v) is 1.44. The molecule has 1 fully saturated rings. The maximum atomic E-state index is 10.5. The summed E-state index contributed by atoms with van der Waals surface area (Å²) in [6.45, 7) is 1.37. The van der Waals surface area contributed by atoms with E-state index in [0.717, 1.165) is 6.54 Å². The van der Waals surface area contributed by atoms with Crippen molar-refractivity contribution in [2.45, 2.75) is 11.8 Å². The van der Waals surface area contributed by atoms with Gasteiger partial charge in [-0.25, -0.2) is 0 Å². The van der Waals surface area contributed by atoms with Gasteiger partial charge in [0.25, 0.3) is 0 Å². The molecule has 2 unspecified atom stereocenters. The summed E-state index contributed by atoms with van der Waals surface area (Å²) < 4.78 is 0. The van der Waals surface area contributed by atoms with Crippen molar-refractivity contribution in [3.8, 4) is 0 Å². The van der Waals surface area contributed by atoms with Crippen LogP contribution in [-0.4, -0.2) is 29.5 Å². The van der Waals surface area contributed by atoms with Crippen molar-refractivity contribution >= 4 is 17.6 Å². The molecule has 1 aliphatic heterocycles. The second-order valence-electron chi connectivity index (χ2n) is 2.45. The van der Waals surface area contributed by atoms with E-state index >= 15 is 0 Å². The highest BCUT2D eigenvalue weighted by molar-refractivity contribution is 6.22. The van der Waals surface area contributed by atoms with Crippen molar-refractivity contribution in [3.05, 3.63) is 0 Å². The van der Waals surface area contributed by atoms with E-state index in [4.69, 9.17) is 16.7 Å². The van der Waals surface area contributed by atoms with Gasteiger partial charge in [0.2, 0.25) is 0 Å². The van der Waals surface area contributed by atoms with Crippen LogP contribution < -0.4 is 5.32 Å². The smallest absolute Gasteiger partial charge is 0.308 e. The number of carboxylic acid groups (broad SMARTS) is 1. The van der Waals surface area contributed by atoms with Crippen molar-refractivity contribution in [1.29, 1.82) is 0 Å². The summed E-state index contributed by atoms with van der Waals surface area (Å²) in [6.07, 6.45) is 0.642. The van der Waals surface area contributed by atoms with Crippen LogP contribution in [0.2, 0.25) is 0 Å². The Kier molecular flexibility index (Phi) is 2.51. The Hall–Kier alpha value is -0.280. The molecular weight excluding hydrogens is 154 g/mol. The van der Waals surface area contributed by atoms with Gasteiger partial charge < -0.3 is 10.4 Å². The highest BCUT2D eigenvalue weighted by atomic mass is 35.5. The molecule has 2 N–H and O–H groups in total. The summed E-state index contributed by atoms with van der Waals surface area (Å²) in [5, 5.41) is 11.4. The van der Waals surface area contributed by atoms with E-state index in [-0.39, 0.29) is 11.3 Å². The molecule has 0 bridgehead atoms. The standard InChI is InChI=1S/C6H10ClNO2/c7-5-3-8-2-1-4(5)6(9)10/h4-5,8H,1-3H2,(H,9,10). The molecule has 10 heavy (non-hydrogen) atoms. The average Bonchev–Trinajstić information content (AvgIpc) is 1.88. The Morgan fingerprint density at radius 3 is 2.80 bits per heavy atom. The molecule has 3 nitrogen and oxygen atoms in total. The van der Waals surface area contributed by atoms with E-state index in [1.165, 1.54) is 0 Å². The maximum Gasteiger partial charge on any atom is 0.308 e. The summed E-state index contributed by atoms with van der Waals surface area (Å²) in [7, 11) is 0. The molecule has 0 spiro atoms. The molecule has 0 amide bonds. The van der Waals surface area contributed by atoms with Gasteiger partial charge in [-0.1, -0.05) is 0 Å². The molecule has 0 aromatic carbocycles. The summed E-state index contributed by atoms with van der Waals surface area (Å²) in [5.41, 5.74) is 0. The zero-order valence-electron chi connectivity index (χ0n) is 5.51. The van der Waals surface area contributed by atoms with Gasteiger partial charge in [-0.15, -0.1) is 11.6 Å². The summed E-state index contributed by atoms with van der Waals surface area (Å²) in [4.78, 5) is 10.5. The van der Waals surface area contributed by atoms with Gasteiger partial charge in [-0.3, -0.25) is 4.79 Å². The van der Waals surface area contributed by atoms with E-state index in [0.29, 0.717) is 13.0 Å². The number of rotatable bonds is 1. The number of aliphatic carboxylic acids is 1. The molecule has 0 aromatic heterocycles. The molecule has 58 valence electrons. The normalized spacial score (nSPS) is 33.7. The zero-order valence-corrected chi connectivity index (χ0v) is 6.27. The van der Waals surface area contributed by atoms with E-state index in [2.05, 4.69) is 5.32 Å². The van der Waals surface area contributed by atoms with Crippen LogP contribution in [0.3, 0.4) is 0 Å². The fraction of sp³-hybridized carbons (Fsp3) is 0.833.